The molecule has 0 heterocycles. The maximum atomic E-state index is 5.74. The van der Waals surface area contributed by atoms with Crippen LogP contribution in [0.1, 0.15) is 31.9 Å². The van der Waals surface area contributed by atoms with Gasteiger partial charge >= 0.3 is 0 Å². The van der Waals surface area contributed by atoms with Crippen LogP contribution >= 0.6 is 0 Å². The summed E-state index contributed by atoms with van der Waals surface area (Å²) in [5.41, 5.74) is 2.36. The molecule has 0 aliphatic heterocycles. The van der Waals surface area contributed by atoms with Crippen LogP contribution in [0.3, 0.4) is 0 Å². The predicted octanol–water partition coefficient (Wildman–Crippen LogP) is 3.89. The van der Waals surface area contributed by atoms with Crippen molar-refractivity contribution in [2.45, 2.75) is 33.5 Å². The highest BCUT2D eigenvalue weighted by Crippen LogP contribution is 2.11. The number of ether oxygens (including phenoxy) is 1. The van der Waals surface area contributed by atoms with Gasteiger partial charge in [0.2, 0.25) is 0 Å². The van der Waals surface area contributed by atoms with Gasteiger partial charge in [-0.1, -0.05) is 50.8 Å². The third kappa shape index (κ3) is 3.88. The molecule has 1 atom stereocenters. The molecule has 0 N–H and O–H groups in total. The van der Waals surface area contributed by atoms with E-state index < -0.39 is 0 Å². The van der Waals surface area contributed by atoms with Gasteiger partial charge in [-0.3, -0.25) is 0 Å². The normalized spacial score (nSPS) is 12.8. The summed E-state index contributed by atoms with van der Waals surface area (Å²) in [6.45, 7) is 10.9. The lowest BCUT2D eigenvalue weighted by Crippen LogP contribution is -2.14. The van der Waals surface area contributed by atoms with E-state index in [4.69, 9.17) is 4.74 Å². The van der Waals surface area contributed by atoms with Crippen molar-refractivity contribution in [2.75, 3.05) is 0 Å². The van der Waals surface area contributed by atoms with Crippen molar-refractivity contribution < 1.29 is 4.74 Å². The van der Waals surface area contributed by atoms with Crippen molar-refractivity contribution in [2.24, 2.45) is 5.92 Å². The lowest BCUT2D eigenvalue weighted by molar-refractivity contribution is 0.0235. The van der Waals surface area contributed by atoms with Gasteiger partial charge in [-0.15, -0.1) is 0 Å². The highest BCUT2D eigenvalue weighted by molar-refractivity contribution is 5.47. The van der Waals surface area contributed by atoms with Crippen molar-refractivity contribution in [1.29, 1.82) is 0 Å². The first-order chi connectivity index (χ1) is 7.13. The molecule has 0 saturated heterocycles. The molecular weight excluding hydrogens is 184 g/mol. The van der Waals surface area contributed by atoms with E-state index in [1.807, 2.05) is 6.08 Å². The smallest absolute Gasteiger partial charge is 0.0720 e. The van der Waals surface area contributed by atoms with Crippen molar-refractivity contribution in [3.63, 3.8) is 0 Å². The number of hydrogen-bond acceptors (Lipinski definition) is 1. The van der Waals surface area contributed by atoms with E-state index in [2.05, 4.69) is 51.6 Å². The van der Waals surface area contributed by atoms with Crippen LogP contribution in [-0.2, 0) is 11.3 Å². The lowest BCUT2D eigenvalue weighted by atomic mass is 10.1. The molecule has 0 aliphatic rings. The summed E-state index contributed by atoms with van der Waals surface area (Å²) in [6.07, 6.45) is 2.16. The molecule has 0 aromatic heterocycles. The van der Waals surface area contributed by atoms with Gasteiger partial charge in [-0.25, -0.2) is 0 Å². The summed E-state index contributed by atoms with van der Waals surface area (Å²) in [5, 5.41) is 0. The molecule has 1 aromatic carbocycles. The zero-order valence-electron chi connectivity index (χ0n) is 9.86. The van der Waals surface area contributed by atoms with E-state index in [-0.39, 0.29) is 0 Å². The van der Waals surface area contributed by atoms with E-state index in [0.29, 0.717) is 18.6 Å². The van der Waals surface area contributed by atoms with E-state index in [0.717, 1.165) is 5.56 Å². The first-order valence-corrected chi connectivity index (χ1v) is 5.46. The highest BCUT2D eigenvalue weighted by Gasteiger charge is 2.06. The predicted molar refractivity (Wildman–Crippen MR) is 65.6 cm³/mol. The first-order valence-electron chi connectivity index (χ1n) is 5.46. The van der Waals surface area contributed by atoms with Crippen LogP contribution in [0.5, 0.6) is 0 Å². The topological polar surface area (TPSA) is 9.23 Å². The van der Waals surface area contributed by atoms with Crippen molar-refractivity contribution >= 4 is 6.08 Å². The number of rotatable bonds is 5. The Balaban J connectivity index is 2.47. The quantitative estimate of drug-likeness (QED) is 0.707. The van der Waals surface area contributed by atoms with E-state index in [1.165, 1.54) is 5.56 Å². The molecule has 0 spiro atoms. The monoisotopic (exact) mass is 204 g/mol. The van der Waals surface area contributed by atoms with E-state index in [1.54, 1.807) is 0 Å². The molecule has 1 aromatic rings. The summed E-state index contributed by atoms with van der Waals surface area (Å²) in [5.74, 6) is 0.567. The fourth-order valence-corrected chi connectivity index (χ4v) is 1.17. The SMILES string of the molecule is C=Cc1ccc(COC(C)C(C)C)cc1. The van der Waals surface area contributed by atoms with Crippen LogP contribution in [0.2, 0.25) is 0 Å². The minimum Gasteiger partial charge on any atom is -0.374 e. The molecule has 15 heavy (non-hydrogen) atoms. The molecule has 0 fully saturated rings. The second-order valence-electron chi connectivity index (χ2n) is 4.21. The minimum atomic E-state index is 0.309. The van der Waals surface area contributed by atoms with Gasteiger partial charge in [0, 0.05) is 0 Å². The van der Waals surface area contributed by atoms with Crippen molar-refractivity contribution in [3.8, 4) is 0 Å². The first kappa shape index (κ1) is 12.0. The standard InChI is InChI=1S/C14H20O/c1-5-13-6-8-14(9-7-13)10-15-12(4)11(2)3/h5-9,11-12H,1,10H2,2-4H3. The Morgan fingerprint density at radius 3 is 2.27 bits per heavy atom. The van der Waals surface area contributed by atoms with E-state index in [9.17, 15) is 0 Å². The van der Waals surface area contributed by atoms with Gasteiger partial charge in [0.05, 0.1) is 12.7 Å². The Hall–Kier alpha value is -1.08. The fraction of sp³-hybridized carbons (Fsp3) is 0.429. The molecular formula is C14H20O. The average Bonchev–Trinajstić information content (AvgIpc) is 2.26. The Morgan fingerprint density at radius 1 is 1.20 bits per heavy atom. The zero-order valence-corrected chi connectivity index (χ0v) is 9.86. The van der Waals surface area contributed by atoms with Crippen LogP contribution in [0.15, 0.2) is 30.8 Å². The third-order valence-electron chi connectivity index (χ3n) is 2.67. The molecule has 1 heteroatoms. The number of benzene rings is 1. The van der Waals surface area contributed by atoms with Gasteiger partial charge in [0.15, 0.2) is 0 Å². The highest BCUT2D eigenvalue weighted by atomic mass is 16.5. The molecule has 1 rings (SSSR count). The molecule has 0 saturated carbocycles. The van der Waals surface area contributed by atoms with Crippen LogP contribution < -0.4 is 0 Å². The Kier molecular flexibility index (Phi) is 4.57. The van der Waals surface area contributed by atoms with Gasteiger partial charge in [-0.05, 0) is 24.0 Å². The van der Waals surface area contributed by atoms with Crippen LogP contribution in [0.4, 0.5) is 0 Å². The van der Waals surface area contributed by atoms with Crippen LogP contribution in [0, 0.1) is 5.92 Å². The average molecular weight is 204 g/mol. The summed E-state index contributed by atoms with van der Waals surface area (Å²) < 4.78 is 5.74. The minimum absolute atomic E-state index is 0.309. The Bertz CT molecular complexity index is 298. The van der Waals surface area contributed by atoms with Crippen LogP contribution in [0.25, 0.3) is 6.08 Å². The maximum Gasteiger partial charge on any atom is 0.0720 e. The van der Waals surface area contributed by atoms with Gasteiger partial charge < -0.3 is 4.74 Å². The summed E-state index contributed by atoms with van der Waals surface area (Å²) in [7, 11) is 0. The summed E-state index contributed by atoms with van der Waals surface area (Å²) in [6, 6.07) is 8.30. The molecule has 0 aliphatic carbocycles. The second-order valence-corrected chi connectivity index (χ2v) is 4.21. The second kappa shape index (κ2) is 5.72. The lowest BCUT2D eigenvalue weighted by Gasteiger charge is -2.16. The van der Waals surface area contributed by atoms with E-state index >= 15 is 0 Å². The van der Waals surface area contributed by atoms with Gasteiger partial charge in [0.1, 0.15) is 0 Å². The zero-order chi connectivity index (χ0) is 11.3. The third-order valence-corrected chi connectivity index (χ3v) is 2.67. The summed E-state index contributed by atoms with van der Waals surface area (Å²) >= 11 is 0. The summed E-state index contributed by atoms with van der Waals surface area (Å²) in [4.78, 5) is 0. The van der Waals surface area contributed by atoms with Crippen LogP contribution in [-0.4, -0.2) is 6.10 Å². The molecule has 82 valence electrons. The Morgan fingerprint density at radius 2 is 1.80 bits per heavy atom. The van der Waals surface area contributed by atoms with Gasteiger partial charge in [-0.2, -0.15) is 0 Å². The maximum absolute atomic E-state index is 5.74. The van der Waals surface area contributed by atoms with Crippen molar-refractivity contribution in [3.05, 3.63) is 42.0 Å². The molecule has 0 bridgehead atoms. The molecule has 1 nitrogen and oxygen atoms in total. The molecule has 1 unspecified atom stereocenters. The molecule has 0 amide bonds. The number of hydrogen-bond donors (Lipinski definition) is 0. The largest absolute Gasteiger partial charge is 0.374 e. The van der Waals surface area contributed by atoms with Crippen molar-refractivity contribution in [1.82, 2.24) is 0 Å². The van der Waals surface area contributed by atoms with Gasteiger partial charge in [0.25, 0.3) is 0 Å². The molecule has 0 radical (unpaired) electrons. The fourth-order valence-electron chi connectivity index (χ4n) is 1.17. The Labute approximate surface area is 92.8 Å².